The second kappa shape index (κ2) is 5.13. The lowest BCUT2D eigenvalue weighted by Gasteiger charge is -2.45. The van der Waals surface area contributed by atoms with Crippen LogP contribution in [0.3, 0.4) is 0 Å². The SMILES string of the molecule is CCCCC#C[C@]1(OCC)C[C@H]2CC[C@@]1(C)C2(C)C. The van der Waals surface area contributed by atoms with E-state index >= 15 is 0 Å². The molecule has 2 aliphatic carbocycles. The Hall–Kier alpha value is -0.480. The lowest BCUT2D eigenvalue weighted by Crippen LogP contribution is -2.48. The molecule has 0 radical (unpaired) electrons. The summed E-state index contributed by atoms with van der Waals surface area (Å²) in [6, 6.07) is 0. The highest BCUT2D eigenvalue weighted by atomic mass is 16.5. The Kier molecular flexibility index (Phi) is 4.03. The summed E-state index contributed by atoms with van der Waals surface area (Å²) in [7, 11) is 0. The van der Waals surface area contributed by atoms with Crippen LogP contribution in [0, 0.1) is 28.6 Å². The van der Waals surface area contributed by atoms with Gasteiger partial charge in [0.15, 0.2) is 0 Å². The first-order chi connectivity index (χ1) is 8.93. The van der Waals surface area contributed by atoms with Crippen LogP contribution in [0.25, 0.3) is 0 Å². The molecule has 1 nitrogen and oxygen atoms in total. The third-order valence-corrected chi connectivity index (χ3v) is 6.20. The summed E-state index contributed by atoms with van der Waals surface area (Å²) in [4.78, 5) is 0. The second-order valence-electron chi connectivity index (χ2n) is 7.16. The van der Waals surface area contributed by atoms with Gasteiger partial charge in [-0.2, -0.15) is 0 Å². The quantitative estimate of drug-likeness (QED) is 0.522. The second-order valence-corrected chi connectivity index (χ2v) is 7.16. The average molecular weight is 262 g/mol. The molecule has 0 saturated heterocycles. The van der Waals surface area contributed by atoms with E-state index in [1.54, 1.807) is 0 Å². The normalized spacial score (nSPS) is 39.1. The first-order valence-electron chi connectivity index (χ1n) is 8.07. The Morgan fingerprint density at radius 2 is 1.95 bits per heavy atom. The molecule has 19 heavy (non-hydrogen) atoms. The molecule has 2 rings (SSSR count). The third kappa shape index (κ3) is 2.04. The van der Waals surface area contributed by atoms with E-state index in [0.717, 1.165) is 25.4 Å². The van der Waals surface area contributed by atoms with Gasteiger partial charge in [0.1, 0.15) is 5.60 Å². The van der Waals surface area contributed by atoms with Crippen LogP contribution >= 0.6 is 0 Å². The highest BCUT2D eigenvalue weighted by molar-refractivity contribution is 5.30. The molecule has 2 bridgehead atoms. The van der Waals surface area contributed by atoms with Crippen molar-refractivity contribution in [2.45, 2.75) is 78.7 Å². The maximum Gasteiger partial charge on any atom is 0.134 e. The summed E-state index contributed by atoms with van der Waals surface area (Å²) in [5.74, 6) is 7.79. The predicted molar refractivity (Wildman–Crippen MR) is 80.9 cm³/mol. The van der Waals surface area contributed by atoms with Gasteiger partial charge < -0.3 is 4.74 Å². The molecule has 0 spiro atoms. The molecule has 0 aromatic rings. The van der Waals surface area contributed by atoms with E-state index < -0.39 is 0 Å². The predicted octanol–water partition coefficient (Wildman–Crippen LogP) is 4.80. The lowest BCUT2D eigenvalue weighted by atomic mass is 9.64. The maximum atomic E-state index is 6.27. The van der Waals surface area contributed by atoms with Gasteiger partial charge in [0.25, 0.3) is 0 Å². The van der Waals surface area contributed by atoms with Gasteiger partial charge in [0.2, 0.25) is 0 Å². The molecule has 0 unspecified atom stereocenters. The summed E-state index contributed by atoms with van der Waals surface area (Å²) >= 11 is 0. The summed E-state index contributed by atoms with van der Waals surface area (Å²) < 4.78 is 6.27. The molecule has 108 valence electrons. The van der Waals surface area contributed by atoms with E-state index in [1.807, 2.05) is 0 Å². The van der Waals surface area contributed by atoms with Crippen LogP contribution in [0.15, 0.2) is 0 Å². The van der Waals surface area contributed by atoms with Crippen molar-refractivity contribution in [3.63, 3.8) is 0 Å². The summed E-state index contributed by atoms with van der Waals surface area (Å²) in [5, 5.41) is 0. The monoisotopic (exact) mass is 262 g/mol. The minimum atomic E-state index is -0.179. The van der Waals surface area contributed by atoms with E-state index in [1.165, 1.54) is 25.7 Å². The fourth-order valence-electron chi connectivity index (χ4n) is 4.41. The van der Waals surface area contributed by atoms with Crippen molar-refractivity contribution in [1.82, 2.24) is 0 Å². The average Bonchev–Trinajstić information content (AvgIpc) is 2.67. The summed E-state index contributed by atoms with van der Waals surface area (Å²) in [5.41, 5.74) is 0.406. The molecular formula is C18H30O. The standard InChI is InChI=1S/C18H30O/c1-6-8-9-10-12-18(19-7-2)14-15-11-13-17(18,5)16(15,3)4/h15H,6-9,11,13-14H2,1-5H3/t15-,17+,18+/m1/s1. The summed E-state index contributed by atoms with van der Waals surface area (Å²) in [6.45, 7) is 12.4. The zero-order chi connectivity index (χ0) is 14.1. The van der Waals surface area contributed by atoms with E-state index in [0.29, 0.717) is 5.41 Å². The van der Waals surface area contributed by atoms with Crippen LogP contribution in [0.2, 0.25) is 0 Å². The van der Waals surface area contributed by atoms with E-state index in [-0.39, 0.29) is 11.0 Å². The number of unbranched alkanes of at least 4 members (excludes halogenated alkanes) is 2. The van der Waals surface area contributed by atoms with Crippen LogP contribution in [-0.4, -0.2) is 12.2 Å². The Morgan fingerprint density at radius 3 is 2.42 bits per heavy atom. The van der Waals surface area contributed by atoms with Crippen LogP contribution in [0.5, 0.6) is 0 Å². The highest BCUT2D eigenvalue weighted by Gasteiger charge is 2.69. The minimum absolute atomic E-state index is 0.179. The van der Waals surface area contributed by atoms with E-state index in [4.69, 9.17) is 4.74 Å². The van der Waals surface area contributed by atoms with Gasteiger partial charge in [-0.15, -0.1) is 5.92 Å². The summed E-state index contributed by atoms with van der Waals surface area (Å²) in [6.07, 6.45) is 7.22. The molecule has 0 N–H and O–H groups in total. The Bertz CT molecular complexity index is 386. The van der Waals surface area contributed by atoms with Crippen molar-refractivity contribution >= 4 is 0 Å². The smallest absolute Gasteiger partial charge is 0.134 e. The van der Waals surface area contributed by atoms with Crippen molar-refractivity contribution in [2.24, 2.45) is 16.7 Å². The zero-order valence-electron chi connectivity index (χ0n) is 13.4. The molecule has 2 aliphatic rings. The molecule has 2 fully saturated rings. The van der Waals surface area contributed by atoms with E-state index in [9.17, 15) is 0 Å². The molecule has 0 aromatic heterocycles. The Morgan fingerprint density at radius 1 is 1.21 bits per heavy atom. The van der Waals surface area contributed by atoms with Gasteiger partial charge in [-0.25, -0.2) is 0 Å². The third-order valence-electron chi connectivity index (χ3n) is 6.20. The van der Waals surface area contributed by atoms with E-state index in [2.05, 4.69) is 46.5 Å². The van der Waals surface area contributed by atoms with Crippen LogP contribution in [0.1, 0.15) is 73.1 Å². The first kappa shape index (κ1) is 14.9. The van der Waals surface area contributed by atoms with Crippen molar-refractivity contribution in [1.29, 1.82) is 0 Å². The molecule has 2 saturated carbocycles. The number of rotatable bonds is 4. The topological polar surface area (TPSA) is 9.23 Å². The molecular weight excluding hydrogens is 232 g/mol. The number of fused-ring (bicyclic) bond motifs is 2. The number of hydrogen-bond acceptors (Lipinski definition) is 1. The molecule has 0 aliphatic heterocycles. The van der Waals surface area contributed by atoms with Gasteiger partial charge in [-0.3, -0.25) is 0 Å². The first-order valence-corrected chi connectivity index (χ1v) is 8.07. The van der Waals surface area contributed by atoms with Gasteiger partial charge >= 0.3 is 0 Å². The van der Waals surface area contributed by atoms with Crippen LogP contribution in [-0.2, 0) is 4.74 Å². The fraction of sp³-hybridized carbons (Fsp3) is 0.889. The van der Waals surface area contributed by atoms with Gasteiger partial charge in [0, 0.05) is 18.4 Å². The molecule has 0 aromatic carbocycles. The van der Waals surface area contributed by atoms with Gasteiger partial charge in [0.05, 0.1) is 0 Å². The molecule has 3 atom stereocenters. The highest BCUT2D eigenvalue weighted by Crippen LogP contribution is 2.70. The Labute approximate surface area is 119 Å². The molecule has 1 heteroatoms. The van der Waals surface area contributed by atoms with Crippen LogP contribution < -0.4 is 0 Å². The number of ether oxygens (including phenoxy) is 1. The fourth-order valence-corrected chi connectivity index (χ4v) is 4.41. The van der Waals surface area contributed by atoms with Crippen molar-refractivity contribution in [2.75, 3.05) is 6.61 Å². The van der Waals surface area contributed by atoms with Crippen molar-refractivity contribution < 1.29 is 4.74 Å². The van der Waals surface area contributed by atoms with Crippen molar-refractivity contribution in [3.05, 3.63) is 0 Å². The van der Waals surface area contributed by atoms with Crippen molar-refractivity contribution in [3.8, 4) is 11.8 Å². The lowest BCUT2D eigenvalue weighted by molar-refractivity contribution is -0.0937. The van der Waals surface area contributed by atoms with Gasteiger partial charge in [-0.05, 0) is 43.9 Å². The largest absolute Gasteiger partial charge is 0.362 e. The zero-order valence-corrected chi connectivity index (χ0v) is 13.4. The minimum Gasteiger partial charge on any atom is -0.362 e. The number of hydrogen-bond donors (Lipinski definition) is 0. The van der Waals surface area contributed by atoms with Gasteiger partial charge in [-0.1, -0.05) is 40.0 Å². The Balaban J connectivity index is 2.28. The van der Waals surface area contributed by atoms with Crippen LogP contribution in [0.4, 0.5) is 0 Å². The molecule has 0 amide bonds. The molecule has 0 heterocycles. The maximum absolute atomic E-state index is 6.27.